The van der Waals surface area contributed by atoms with Gasteiger partial charge < -0.3 is 15.4 Å². The molecule has 136 valence electrons. The van der Waals surface area contributed by atoms with Crippen molar-refractivity contribution in [3.05, 3.63) is 30.1 Å². The number of nitrogens with one attached hydrogen (secondary N) is 2. The maximum atomic E-state index is 12.8. The van der Waals surface area contributed by atoms with Crippen LogP contribution in [0.15, 0.2) is 24.3 Å². The van der Waals surface area contributed by atoms with Crippen molar-refractivity contribution in [1.82, 2.24) is 15.3 Å². The van der Waals surface area contributed by atoms with E-state index in [9.17, 15) is 9.90 Å². The molecule has 1 aromatic carbocycles. The highest BCUT2D eigenvalue weighted by molar-refractivity contribution is 5.85. The van der Waals surface area contributed by atoms with Crippen LogP contribution in [-0.4, -0.2) is 33.1 Å². The van der Waals surface area contributed by atoms with Crippen molar-refractivity contribution in [3.63, 3.8) is 0 Å². The molecule has 5 nitrogen and oxygen atoms in total. The van der Waals surface area contributed by atoms with Crippen molar-refractivity contribution in [2.75, 3.05) is 6.54 Å². The summed E-state index contributed by atoms with van der Waals surface area (Å²) >= 11 is 0. The summed E-state index contributed by atoms with van der Waals surface area (Å²) in [4.78, 5) is 20.5. The molecule has 3 atom stereocenters. The number of H-pyrrole nitrogens is 1. The van der Waals surface area contributed by atoms with E-state index in [0.29, 0.717) is 31.2 Å². The molecular weight excluding hydrogens is 314 g/mol. The van der Waals surface area contributed by atoms with Gasteiger partial charge in [-0.25, -0.2) is 4.98 Å². The number of aliphatic hydroxyl groups is 1. The summed E-state index contributed by atoms with van der Waals surface area (Å²) in [5, 5.41) is 14.1. The lowest BCUT2D eigenvalue weighted by atomic mass is 9.66. The first-order chi connectivity index (χ1) is 11.9. The minimum Gasteiger partial charge on any atom is -0.380 e. The fourth-order valence-corrected chi connectivity index (χ4v) is 4.20. The number of nitrogens with zero attached hydrogens (tertiary/aromatic N) is 1. The summed E-state index contributed by atoms with van der Waals surface area (Å²) in [7, 11) is 0. The molecule has 3 unspecified atom stereocenters. The zero-order chi connectivity index (χ0) is 18.0. The summed E-state index contributed by atoms with van der Waals surface area (Å²) < 4.78 is 0. The molecule has 2 aromatic rings. The van der Waals surface area contributed by atoms with Crippen molar-refractivity contribution in [2.45, 2.75) is 52.1 Å². The zero-order valence-electron chi connectivity index (χ0n) is 15.4. The minimum absolute atomic E-state index is 0.0231. The third-order valence-corrected chi connectivity index (χ3v) is 5.53. The molecule has 0 bridgehead atoms. The van der Waals surface area contributed by atoms with E-state index in [-0.39, 0.29) is 11.8 Å². The fourth-order valence-electron chi connectivity index (χ4n) is 4.20. The molecule has 0 saturated heterocycles. The smallest absolute Gasteiger partial charge is 0.252 e. The van der Waals surface area contributed by atoms with E-state index in [1.54, 1.807) is 0 Å². The molecule has 0 radical (unpaired) electrons. The molecule has 1 aliphatic carbocycles. The van der Waals surface area contributed by atoms with Crippen LogP contribution in [0.25, 0.3) is 11.0 Å². The number of benzene rings is 1. The average molecular weight is 343 g/mol. The third kappa shape index (κ3) is 3.71. The Kier molecular flexibility index (Phi) is 5.13. The van der Waals surface area contributed by atoms with Crippen molar-refractivity contribution >= 4 is 16.9 Å². The highest BCUT2D eigenvalue weighted by Gasteiger charge is 2.48. The summed E-state index contributed by atoms with van der Waals surface area (Å²) in [6.45, 7) is 6.77. The van der Waals surface area contributed by atoms with Crippen LogP contribution in [0.5, 0.6) is 0 Å². The molecule has 1 amide bonds. The Morgan fingerprint density at radius 3 is 2.88 bits per heavy atom. The quantitative estimate of drug-likeness (QED) is 0.781. The van der Waals surface area contributed by atoms with Crippen LogP contribution in [0.4, 0.5) is 0 Å². The molecular formula is C20H29N3O2. The number of carbonyl (C=O) groups is 1. The van der Waals surface area contributed by atoms with E-state index in [1.807, 2.05) is 24.3 Å². The van der Waals surface area contributed by atoms with Crippen LogP contribution in [0.1, 0.15) is 45.9 Å². The first-order valence-electron chi connectivity index (χ1n) is 9.34. The van der Waals surface area contributed by atoms with Gasteiger partial charge in [0.2, 0.25) is 0 Å². The summed E-state index contributed by atoms with van der Waals surface area (Å²) in [5.41, 5.74) is 0.687. The lowest BCUT2D eigenvalue weighted by molar-refractivity contribution is -0.155. The zero-order valence-corrected chi connectivity index (χ0v) is 15.4. The number of carbonyl (C=O) groups excluding carboxylic acids is 1. The van der Waals surface area contributed by atoms with Gasteiger partial charge in [0.05, 0.1) is 11.0 Å². The van der Waals surface area contributed by atoms with Gasteiger partial charge in [-0.2, -0.15) is 0 Å². The van der Waals surface area contributed by atoms with Gasteiger partial charge >= 0.3 is 0 Å². The molecule has 1 aromatic heterocycles. The van der Waals surface area contributed by atoms with E-state index in [4.69, 9.17) is 0 Å². The van der Waals surface area contributed by atoms with E-state index in [0.717, 1.165) is 29.7 Å². The van der Waals surface area contributed by atoms with Crippen molar-refractivity contribution in [3.8, 4) is 0 Å². The van der Waals surface area contributed by atoms with Crippen molar-refractivity contribution in [2.24, 2.45) is 17.8 Å². The maximum absolute atomic E-state index is 12.8. The van der Waals surface area contributed by atoms with Crippen LogP contribution < -0.4 is 5.32 Å². The third-order valence-electron chi connectivity index (χ3n) is 5.53. The van der Waals surface area contributed by atoms with E-state index >= 15 is 0 Å². The number of amides is 1. The molecule has 5 heteroatoms. The predicted molar refractivity (Wildman–Crippen MR) is 99.1 cm³/mol. The van der Waals surface area contributed by atoms with E-state index in [2.05, 4.69) is 36.1 Å². The van der Waals surface area contributed by atoms with Crippen molar-refractivity contribution < 1.29 is 9.90 Å². The fraction of sp³-hybridized carbons (Fsp3) is 0.600. The molecule has 1 saturated carbocycles. The topological polar surface area (TPSA) is 78.0 Å². The predicted octanol–water partition coefficient (Wildman–Crippen LogP) is 3.04. The van der Waals surface area contributed by atoms with Gasteiger partial charge in [0.1, 0.15) is 11.4 Å². The van der Waals surface area contributed by atoms with Crippen LogP contribution in [0.3, 0.4) is 0 Å². The van der Waals surface area contributed by atoms with Gasteiger partial charge in [-0.3, -0.25) is 4.79 Å². The minimum atomic E-state index is -1.25. The Labute approximate surface area is 149 Å². The van der Waals surface area contributed by atoms with Gasteiger partial charge in [0.15, 0.2) is 0 Å². The Bertz CT molecular complexity index is 706. The molecule has 0 spiro atoms. The number of hydrogen-bond acceptors (Lipinski definition) is 3. The number of rotatable bonds is 5. The second-order valence-electron chi connectivity index (χ2n) is 7.87. The standard InChI is InChI=1S/C20H29N3O2/c1-13(2)15-9-8-14(3)12-20(15,25)19(24)21-11-10-18-22-16-6-4-5-7-17(16)23-18/h4-7,13-15,25H,8-12H2,1-3H3,(H,21,24)(H,22,23). The van der Waals surface area contributed by atoms with Gasteiger partial charge in [-0.15, -0.1) is 0 Å². The first kappa shape index (κ1) is 17.9. The molecule has 0 aliphatic heterocycles. The number of imidazole rings is 1. The molecule has 3 N–H and O–H groups in total. The second kappa shape index (κ2) is 7.16. The van der Waals surface area contributed by atoms with Crippen molar-refractivity contribution in [1.29, 1.82) is 0 Å². The van der Waals surface area contributed by atoms with E-state index < -0.39 is 5.60 Å². The summed E-state index contributed by atoms with van der Waals surface area (Å²) in [6, 6.07) is 7.88. The highest BCUT2D eigenvalue weighted by Crippen LogP contribution is 2.41. The van der Waals surface area contributed by atoms with Gasteiger partial charge in [0, 0.05) is 13.0 Å². The first-order valence-corrected chi connectivity index (χ1v) is 9.34. The monoisotopic (exact) mass is 343 g/mol. The Morgan fingerprint density at radius 2 is 2.16 bits per heavy atom. The maximum Gasteiger partial charge on any atom is 0.252 e. The number of aromatic amines is 1. The lowest BCUT2D eigenvalue weighted by Crippen LogP contribution is -2.56. The number of para-hydroxylation sites is 2. The van der Waals surface area contributed by atoms with Crippen LogP contribution in [0, 0.1) is 17.8 Å². The van der Waals surface area contributed by atoms with Crippen LogP contribution >= 0.6 is 0 Å². The Balaban J connectivity index is 1.62. The number of fused-ring (bicyclic) bond motifs is 1. The van der Waals surface area contributed by atoms with Crippen LogP contribution in [0.2, 0.25) is 0 Å². The number of aromatic nitrogens is 2. The van der Waals surface area contributed by atoms with Gasteiger partial charge in [-0.1, -0.05) is 39.3 Å². The Hall–Kier alpha value is -1.88. The highest BCUT2D eigenvalue weighted by atomic mass is 16.3. The normalized spacial score (nSPS) is 26.9. The summed E-state index contributed by atoms with van der Waals surface area (Å²) in [5.74, 6) is 1.31. The Morgan fingerprint density at radius 1 is 1.40 bits per heavy atom. The van der Waals surface area contributed by atoms with Crippen LogP contribution in [-0.2, 0) is 11.2 Å². The SMILES string of the molecule is CC1CCC(C(C)C)C(O)(C(=O)NCCc2nc3ccccc3[nH]2)C1. The molecule has 1 fully saturated rings. The van der Waals surface area contributed by atoms with E-state index in [1.165, 1.54) is 0 Å². The van der Waals surface area contributed by atoms with Gasteiger partial charge in [-0.05, 0) is 42.7 Å². The molecule has 1 heterocycles. The second-order valence-corrected chi connectivity index (χ2v) is 7.87. The molecule has 3 rings (SSSR count). The largest absolute Gasteiger partial charge is 0.380 e. The average Bonchev–Trinajstić information content (AvgIpc) is 2.97. The number of hydrogen-bond donors (Lipinski definition) is 3. The lowest BCUT2D eigenvalue weighted by Gasteiger charge is -2.43. The van der Waals surface area contributed by atoms with Gasteiger partial charge in [0.25, 0.3) is 5.91 Å². The molecule has 25 heavy (non-hydrogen) atoms. The summed E-state index contributed by atoms with van der Waals surface area (Å²) in [6.07, 6.45) is 3.16. The molecule has 1 aliphatic rings.